The Bertz CT molecular complexity index is 1390. The monoisotopic (exact) mass is 403 g/mol. The second kappa shape index (κ2) is 6.98. The number of hydrogen-bond donors (Lipinski definition) is 1. The van der Waals surface area contributed by atoms with E-state index in [1.807, 2.05) is 24.3 Å². The molecule has 30 heavy (non-hydrogen) atoms. The summed E-state index contributed by atoms with van der Waals surface area (Å²) in [4.78, 5) is 42.7. The summed E-state index contributed by atoms with van der Waals surface area (Å²) < 4.78 is 3.02. The van der Waals surface area contributed by atoms with Crippen molar-refractivity contribution in [1.29, 1.82) is 0 Å². The maximum Gasteiger partial charge on any atom is 0.326 e. The minimum Gasteiger partial charge on any atom is -0.337 e. The molecular formula is C22H21N5O3. The third kappa shape index (κ3) is 2.83. The van der Waals surface area contributed by atoms with Gasteiger partial charge in [-0.15, -0.1) is 0 Å². The van der Waals surface area contributed by atoms with Crippen LogP contribution in [0.5, 0.6) is 0 Å². The molecule has 1 N–H and O–H groups in total. The van der Waals surface area contributed by atoms with Crippen LogP contribution in [0.4, 0.5) is 0 Å². The maximum absolute atomic E-state index is 13.2. The maximum atomic E-state index is 13.2. The van der Waals surface area contributed by atoms with Gasteiger partial charge in [0.05, 0.1) is 16.4 Å². The van der Waals surface area contributed by atoms with Crippen LogP contribution in [0.1, 0.15) is 29.4 Å². The van der Waals surface area contributed by atoms with Crippen molar-refractivity contribution >= 4 is 27.7 Å². The number of para-hydroxylation sites is 2. The number of aryl methyl sites for hydroxylation is 1. The minimum absolute atomic E-state index is 0.0301. The largest absolute Gasteiger partial charge is 0.337 e. The van der Waals surface area contributed by atoms with Crippen LogP contribution < -0.4 is 11.2 Å². The van der Waals surface area contributed by atoms with E-state index in [4.69, 9.17) is 0 Å². The van der Waals surface area contributed by atoms with Crippen LogP contribution in [-0.2, 0) is 7.05 Å². The fourth-order valence-electron chi connectivity index (χ4n) is 4.37. The zero-order chi connectivity index (χ0) is 20.8. The number of rotatable bonds is 2. The molecule has 5 rings (SSSR count). The first-order valence-corrected chi connectivity index (χ1v) is 9.99. The van der Waals surface area contributed by atoms with Gasteiger partial charge in [-0.25, -0.2) is 9.48 Å². The predicted molar refractivity (Wildman–Crippen MR) is 114 cm³/mol. The van der Waals surface area contributed by atoms with Crippen molar-refractivity contribution in [2.75, 3.05) is 13.1 Å². The van der Waals surface area contributed by atoms with Gasteiger partial charge in [0.15, 0.2) is 5.69 Å². The van der Waals surface area contributed by atoms with Gasteiger partial charge in [-0.3, -0.25) is 14.2 Å². The number of imidazole rings is 1. The molecule has 0 bridgehead atoms. The van der Waals surface area contributed by atoms with E-state index in [0.717, 1.165) is 11.0 Å². The van der Waals surface area contributed by atoms with Gasteiger partial charge in [0.1, 0.15) is 0 Å². The number of aromatic nitrogens is 4. The number of amides is 1. The third-order valence-corrected chi connectivity index (χ3v) is 5.90. The molecule has 4 aromatic rings. The second-order valence-electron chi connectivity index (χ2n) is 7.66. The lowest BCUT2D eigenvalue weighted by Crippen LogP contribution is -2.41. The third-order valence-electron chi connectivity index (χ3n) is 5.90. The molecule has 1 aliphatic rings. The molecule has 8 nitrogen and oxygen atoms in total. The van der Waals surface area contributed by atoms with Gasteiger partial charge in [0.25, 0.3) is 11.5 Å². The zero-order valence-electron chi connectivity index (χ0n) is 16.5. The van der Waals surface area contributed by atoms with E-state index >= 15 is 0 Å². The molecular weight excluding hydrogens is 382 g/mol. The number of likely N-dealkylation sites (tertiary alicyclic amines) is 1. The zero-order valence-corrected chi connectivity index (χ0v) is 16.5. The minimum atomic E-state index is -0.223. The molecule has 1 fully saturated rings. The lowest BCUT2D eigenvalue weighted by molar-refractivity contribution is 0.0689. The second-order valence-corrected chi connectivity index (χ2v) is 7.66. The standard InChI is InChI=1S/C22H21N5O3/c1-25-20(28)16-7-3-2-6-15(16)19(24-25)21(29)26-12-10-14(11-13-26)27-18-9-5-4-8-17(18)23-22(27)30/h2-9,14H,10-13H2,1H3,(H,23,30). The molecule has 0 unspecified atom stereocenters. The number of piperidine rings is 1. The first-order valence-electron chi connectivity index (χ1n) is 9.99. The summed E-state index contributed by atoms with van der Waals surface area (Å²) in [5, 5.41) is 5.31. The van der Waals surface area contributed by atoms with Crippen LogP contribution >= 0.6 is 0 Å². The van der Waals surface area contributed by atoms with Crippen molar-refractivity contribution in [2.45, 2.75) is 18.9 Å². The topological polar surface area (TPSA) is 93.0 Å². The molecule has 1 aliphatic heterocycles. The van der Waals surface area contributed by atoms with E-state index in [2.05, 4.69) is 10.1 Å². The van der Waals surface area contributed by atoms with Gasteiger partial charge in [-0.05, 0) is 31.0 Å². The highest BCUT2D eigenvalue weighted by Gasteiger charge is 2.28. The number of fused-ring (bicyclic) bond motifs is 2. The van der Waals surface area contributed by atoms with Crippen LogP contribution in [-0.4, -0.2) is 43.2 Å². The summed E-state index contributed by atoms with van der Waals surface area (Å²) in [6.07, 6.45) is 1.36. The Kier molecular flexibility index (Phi) is 4.27. The van der Waals surface area contributed by atoms with E-state index in [1.165, 1.54) is 4.68 Å². The number of nitrogens with one attached hydrogen (secondary N) is 1. The molecule has 2 aromatic carbocycles. The van der Waals surface area contributed by atoms with Gasteiger partial charge in [-0.2, -0.15) is 5.10 Å². The van der Waals surface area contributed by atoms with E-state index in [0.29, 0.717) is 36.7 Å². The van der Waals surface area contributed by atoms with Gasteiger partial charge in [0.2, 0.25) is 0 Å². The summed E-state index contributed by atoms with van der Waals surface area (Å²) in [5.41, 5.74) is 1.65. The highest BCUT2D eigenvalue weighted by molar-refractivity contribution is 6.04. The number of carbonyl (C=O) groups excluding carboxylic acids is 1. The summed E-state index contributed by atoms with van der Waals surface area (Å²) >= 11 is 0. The number of aromatic amines is 1. The highest BCUT2D eigenvalue weighted by atomic mass is 16.2. The molecule has 1 saturated heterocycles. The molecule has 1 amide bonds. The Balaban J connectivity index is 1.42. The van der Waals surface area contributed by atoms with E-state index in [9.17, 15) is 14.4 Å². The Morgan fingerprint density at radius 1 is 1.00 bits per heavy atom. The quantitative estimate of drug-likeness (QED) is 0.554. The number of nitrogens with zero attached hydrogens (tertiary/aromatic N) is 4. The van der Waals surface area contributed by atoms with E-state index in [-0.39, 0.29) is 28.9 Å². The molecule has 0 radical (unpaired) electrons. The Labute approximate surface area is 171 Å². The number of H-pyrrole nitrogens is 1. The smallest absolute Gasteiger partial charge is 0.326 e. The Hall–Kier alpha value is -3.68. The lowest BCUT2D eigenvalue weighted by Gasteiger charge is -2.32. The molecule has 0 aliphatic carbocycles. The first-order chi connectivity index (χ1) is 14.5. The average Bonchev–Trinajstić information content (AvgIpc) is 3.11. The average molecular weight is 403 g/mol. The first kappa shape index (κ1) is 18.4. The molecule has 0 saturated carbocycles. The van der Waals surface area contributed by atoms with E-state index < -0.39 is 0 Å². The van der Waals surface area contributed by atoms with Crippen molar-refractivity contribution in [3.05, 3.63) is 75.1 Å². The number of benzene rings is 2. The highest BCUT2D eigenvalue weighted by Crippen LogP contribution is 2.26. The van der Waals surface area contributed by atoms with Gasteiger partial charge in [0, 0.05) is 31.6 Å². The van der Waals surface area contributed by atoms with Gasteiger partial charge < -0.3 is 9.88 Å². The molecule has 0 atom stereocenters. The Morgan fingerprint density at radius 3 is 2.43 bits per heavy atom. The SMILES string of the molecule is Cn1nc(C(=O)N2CCC(n3c(=O)[nH]c4ccccc43)CC2)c2ccccc2c1=O. The number of hydrogen-bond acceptors (Lipinski definition) is 4. The number of carbonyl (C=O) groups is 1. The fraction of sp³-hybridized carbons (Fsp3) is 0.273. The van der Waals surface area contributed by atoms with Crippen LogP contribution in [0.3, 0.4) is 0 Å². The van der Waals surface area contributed by atoms with Crippen molar-refractivity contribution < 1.29 is 4.79 Å². The summed E-state index contributed by atoms with van der Waals surface area (Å²) in [7, 11) is 1.56. The Morgan fingerprint density at radius 2 is 1.67 bits per heavy atom. The van der Waals surface area contributed by atoms with Gasteiger partial charge in [-0.1, -0.05) is 30.3 Å². The fourth-order valence-corrected chi connectivity index (χ4v) is 4.37. The predicted octanol–water partition coefficient (Wildman–Crippen LogP) is 2.05. The molecule has 3 heterocycles. The van der Waals surface area contributed by atoms with Crippen molar-refractivity contribution in [3.8, 4) is 0 Å². The van der Waals surface area contributed by atoms with Crippen molar-refractivity contribution in [2.24, 2.45) is 7.05 Å². The lowest BCUT2D eigenvalue weighted by atomic mass is 10.0. The molecule has 8 heteroatoms. The normalized spacial score (nSPS) is 15.2. The summed E-state index contributed by atoms with van der Waals surface area (Å²) in [6.45, 7) is 1.04. The van der Waals surface area contributed by atoms with Gasteiger partial charge >= 0.3 is 5.69 Å². The summed E-state index contributed by atoms with van der Waals surface area (Å²) in [6, 6.07) is 14.7. The summed E-state index contributed by atoms with van der Waals surface area (Å²) in [5.74, 6) is -0.188. The van der Waals surface area contributed by atoms with Crippen LogP contribution in [0.25, 0.3) is 21.8 Å². The van der Waals surface area contributed by atoms with Crippen molar-refractivity contribution in [3.63, 3.8) is 0 Å². The van der Waals surface area contributed by atoms with Crippen molar-refractivity contribution in [1.82, 2.24) is 24.2 Å². The molecule has 152 valence electrons. The van der Waals surface area contributed by atoms with Crippen LogP contribution in [0.2, 0.25) is 0 Å². The van der Waals surface area contributed by atoms with E-state index in [1.54, 1.807) is 40.8 Å². The molecule has 0 spiro atoms. The van der Waals surface area contributed by atoms with Crippen LogP contribution in [0.15, 0.2) is 58.1 Å². The van der Waals surface area contributed by atoms with Crippen LogP contribution in [0, 0.1) is 0 Å². The molecule has 2 aromatic heterocycles.